The minimum atomic E-state index is 0.260. The molecule has 1 N–H and O–H groups in total. The summed E-state index contributed by atoms with van der Waals surface area (Å²) < 4.78 is 7.84. The van der Waals surface area contributed by atoms with Crippen LogP contribution in [-0.2, 0) is 18.2 Å². The molecule has 1 atom stereocenters. The number of likely N-dealkylation sites (N-methyl/N-ethyl adjacent to an activating group) is 1. The van der Waals surface area contributed by atoms with Crippen LogP contribution in [0.1, 0.15) is 19.7 Å². The van der Waals surface area contributed by atoms with Crippen molar-refractivity contribution in [2.24, 2.45) is 7.05 Å². The Morgan fingerprint density at radius 3 is 2.68 bits per heavy atom. The van der Waals surface area contributed by atoms with Crippen LogP contribution in [-0.4, -0.2) is 35.4 Å². The number of nitrogens with zero attached hydrogens (tertiary/aromatic N) is 2. The predicted molar refractivity (Wildman–Crippen MR) is 78.4 cm³/mol. The molecule has 2 rings (SSSR count). The summed E-state index contributed by atoms with van der Waals surface area (Å²) in [6.45, 7) is 4.82. The van der Waals surface area contributed by atoms with Crippen molar-refractivity contribution < 1.29 is 4.74 Å². The molecular formula is C15H23N3O. The van der Waals surface area contributed by atoms with Crippen molar-refractivity contribution in [3.8, 4) is 0 Å². The molecule has 1 unspecified atom stereocenters. The number of imidazole rings is 1. The highest BCUT2D eigenvalue weighted by Crippen LogP contribution is 2.15. The summed E-state index contributed by atoms with van der Waals surface area (Å²) in [5.74, 6) is 1.09. The fraction of sp³-hybridized carbons (Fsp3) is 0.533. The second-order valence-electron chi connectivity index (χ2n) is 5.15. The SMILES string of the molecule is CNC(COC(C)C)Cc1nc2ccccc2n1C. The van der Waals surface area contributed by atoms with Crippen LogP contribution in [0.2, 0.25) is 0 Å². The zero-order valence-corrected chi connectivity index (χ0v) is 12.2. The van der Waals surface area contributed by atoms with E-state index < -0.39 is 0 Å². The molecule has 0 bridgehead atoms. The van der Waals surface area contributed by atoms with Crippen molar-refractivity contribution in [3.05, 3.63) is 30.1 Å². The van der Waals surface area contributed by atoms with Crippen molar-refractivity contribution in [3.63, 3.8) is 0 Å². The van der Waals surface area contributed by atoms with Gasteiger partial charge in [0.25, 0.3) is 0 Å². The first-order valence-electron chi connectivity index (χ1n) is 6.81. The van der Waals surface area contributed by atoms with Crippen molar-refractivity contribution in [1.29, 1.82) is 0 Å². The van der Waals surface area contributed by atoms with E-state index in [9.17, 15) is 0 Å². The molecule has 1 heterocycles. The Kier molecular flexibility index (Phi) is 4.56. The first kappa shape index (κ1) is 14.0. The van der Waals surface area contributed by atoms with Crippen LogP contribution in [0, 0.1) is 0 Å². The normalized spacial score (nSPS) is 13.3. The zero-order valence-electron chi connectivity index (χ0n) is 12.2. The molecule has 0 saturated carbocycles. The molecule has 4 heteroatoms. The van der Waals surface area contributed by atoms with Gasteiger partial charge in [0.2, 0.25) is 0 Å². The van der Waals surface area contributed by atoms with E-state index in [2.05, 4.69) is 42.9 Å². The molecule has 1 aromatic heterocycles. The summed E-state index contributed by atoms with van der Waals surface area (Å²) in [5.41, 5.74) is 2.23. The lowest BCUT2D eigenvalue weighted by atomic mass is 10.2. The van der Waals surface area contributed by atoms with Crippen LogP contribution < -0.4 is 5.32 Å². The number of fused-ring (bicyclic) bond motifs is 1. The quantitative estimate of drug-likeness (QED) is 0.866. The van der Waals surface area contributed by atoms with Crippen molar-refractivity contribution in [1.82, 2.24) is 14.9 Å². The van der Waals surface area contributed by atoms with E-state index in [0.717, 1.165) is 17.8 Å². The maximum atomic E-state index is 5.68. The molecular weight excluding hydrogens is 238 g/mol. The van der Waals surface area contributed by atoms with E-state index in [1.54, 1.807) is 0 Å². The van der Waals surface area contributed by atoms with Crippen LogP contribution in [0.25, 0.3) is 11.0 Å². The lowest BCUT2D eigenvalue weighted by Gasteiger charge is -2.17. The molecule has 2 aromatic rings. The lowest BCUT2D eigenvalue weighted by Crippen LogP contribution is -2.34. The third kappa shape index (κ3) is 3.33. The van der Waals surface area contributed by atoms with Crippen LogP contribution in [0.15, 0.2) is 24.3 Å². The number of aromatic nitrogens is 2. The third-order valence-corrected chi connectivity index (χ3v) is 3.35. The molecule has 1 aromatic carbocycles. The smallest absolute Gasteiger partial charge is 0.111 e. The number of ether oxygens (including phenoxy) is 1. The molecule has 19 heavy (non-hydrogen) atoms. The molecule has 0 saturated heterocycles. The predicted octanol–water partition coefficient (Wildman–Crippen LogP) is 2.13. The second-order valence-corrected chi connectivity index (χ2v) is 5.15. The van der Waals surface area contributed by atoms with Crippen LogP contribution >= 0.6 is 0 Å². The van der Waals surface area contributed by atoms with Gasteiger partial charge in [-0.15, -0.1) is 0 Å². The highest BCUT2D eigenvalue weighted by atomic mass is 16.5. The van der Waals surface area contributed by atoms with E-state index in [0.29, 0.717) is 6.61 Å². The molecule has 0 amide bonds. The Morgan fingerprint density at radius 2 is 2.05 bits per heavy atom. The number of hydrogen-bond donors (Lipinski definition) is 1. The van der Waals surface area contributed by atoms with Crippen LogP contribution in [0.4, 0.5) is 0 Å². The molecule has 0 aliphatic rings. The molecule has 0 aliphatic heterocycles. The zero-order chi connectivity index (χ0) is 13.8. The molecule has 0 spiro atoms. The Bertz CT molecular complexity index is 533. The highest BCUT2D eigenvalue weighted by Gasteiger charge is 2.14. The summed E-state index contributed by atoms with van der Waals surface area (Å²) in [5, 5.41) is 3.30. The van der Waals surface area contributed by atoms with Crippen LogP contribution in [0.3, 0.4) is 0 Å². The summed E-state index contributed by atoms with van der Waals surface area (Å²) in [6, 6.07) is 8.52. The number of aryl methyl sites for hydroxylation is 1. The van der Waals surface area contributed by atoms with Gasteiger partial charge in [-0.05, 0) is 33.0 Å². The van der Waals surface area contributed by atoms with Gasteiger partial charge in [0, 0.05) is 19.5 Å². The van der Waals surface area contributed by atoms with Crippen LogP contribution in [0.5, 0.6) is 0 Å². The molecule has 4 nitrogen and oxygen atoms in total. The molecule has 0 fully saturated rings. The number of hydrogen-bond acceptors (Lipinski definition) is 3. The molecule has 0 radical (unpaired) electrons. The van der Waals surface area contributed by atoms with E-state index >= 15 is 0 Å². The Morgan fingerprint density at radius 1 is 1.32 bits per heavy atom. The van der Waals surface area contributed by atoms with Gasteiger partial charge in [-0.25, -0.2) is 4.98 Å². The number of benzene rings is 1. The van der Waals surface area contributed by atoms with Gasteiger partial charge in [0.15, 0.2) is 0 Å². The first-order valence-corrected chi connectivity index (χ1v) is 6.81. The number of rotatable bonds is 6. The fourth-order valence-corrected chi connectivity index (χ4v) is 2.15. The second kappa shape index (κ2) is 6.17. The van der Waals surface area contributed by atoms with Gasteiger partial charge in [0.1, 0.15) is 5.82 Å². The molecule has 0 aliphatic carbocycles. The van der Waals surface area contributed by atoms with Crippen molar-refractivity contribution in [2.75, 3.05) is 13.7 Å². The average molecular weight is 261 g/mol. The highest BCUT2D eigenvalue weighted by molar-refractivity contribution is 5.75. The van der Waals surface area contributed by atoms with E-state index in [-0.39, 0.29) is 12.1 Å². The summed E-state index contributed by atoms with van der Waals surface area (Å²) >= 11 is 0. The van der Waals surface area contributed by atoms with Crippen molar-refractivity contribution >= 4 is 11.0 Å². The van der Waals surface area contributed by atoms with Gasteiger partial charge in [-0.3, -0.25) is 0 Å². The largest absolute Gasteiger partial charge is 0.377 e. The average Bonchev–Trinajstić information content (AvgIpc) is 2.71. The first-order chi connectivity index (χ1) is 9.11. The number of para-hydroxylation sites is 2. The Labute approximate surface area is 114 Å². The topological polar surface area (TPSA) is 39.1 Å². The number of nitrogens with one attached hydrogen (secondary N) is 1. The van der Waals surface area contributed by atoms with Crippen molar-refractivity contribution in [2.45, 2.75) is 32.4 Å². The maximum Gasteiger partial charge on any atom is 0.111 e. The molecule has 104 valence electrons. The monoisotopic (exact) mass is 261 g/mol. The Hall–Kier alpha value is -1.39. The van der Waals surface area contributed by atoms with Gasteiger partial charge in [0.05, 0.1) is 23.7 Å². The van der Waals surface area contributed by atoms with E-state index in [4.69, 9.17) is 9.72 Å². The van der Waals surface area contributed by atoms with Gasteiger partial charge in [-0.2, -0.15) is 0 Å². The Balaban J connectivity index is 2.13. The summed E-state index contributed by atoms with van der Waals surface area (Å²) in [4.78, 5) is 4.69. The van der Waals surface area contributed by atoms with Gasteiger partial charge in [-0.1, -0.05) is 12.1 Å². The fourth-order valence-electron chi connectivity index (χ4n) is 2.15. The van der Waals surface area contributed by atoms with Gasteiger partial charge < -0.3 is 14.6 Å². The summed E-state index contributed by atoms with van der Waals surface area (Å²) in [7, 11) is 4.04. The van der Waals surface area contributed by atoms with E-state index in [1.165, 1.54) is 5.52 Å². The lowest BCUT2D eigenvalue weighted by molar-refractivity contribution is 0.0623. The third-order valence-electron chi connectivity index (χ3n) is 3.35. The van der Waals surface area contributed by atoms with E-state index in [1.807, 2.05) is 19.2 Å². The summed E-state index contributed by atoms with van der Waals surface area (Å²) in [6.07, 6.45) is 1.13. The minimum Gasteiger partial charge on any atom is -0.377 e. The maximum absolute atomic E-state index is 5.68. The van der Waals surface area contributed by atoms with Gasteiger partial charge >= 0.3 is 0 Å². The standard InChI is InChI=1S/C15H23N3O/c1-11(2)19-10-12(16-3)9-15-17-13-7-5-6-8-14(13)18(15)4/h5-8,11-12,16H,9-10H2,1-4H3. The minimum absolute atomic E-state index is 0.260.